The number of amides is 2. The van der Waals surface area contributed by atoms with Crippen molar-refractivity contribution >= 4 is 23.3 Å². The zero-order chi connectivity index (χ0) is 19.4. The van der Waals surface area contributed by atoms with Crippen molar-refractivity contribution in [1.29, 1.82) is 0 Å². The fourth-order valence-corrected chi connectivity index (χ4v) is 3.98. The van der Waals surface area contributed by atoms with Gasteiger partial charge in [-0.15, -0.1) is 11.3 Å². The van der Waals surface area contributed by atoms with Crippen LogP contribution in [-0.4, -0.2) is 37.1 Å². The van der Waals surface area contributed by atoms with Gasteiger partial charge in [-0.25, -0.2) is 9.59 Å². The summed E-state index contributed by atoms with van der Waals surface area (Å²) in [6, 6.07) is 4.47. The van der Waals surface area contributed by atoms with E-state index in [0.717, 1.165) is 6.54 Å². The smallest absolute Gasteiger partial charge is 0.338 e. The second-order valence-electron chi connectivity index (χ2n) is 6.36. The van der Waals surface area contributed by atoms with Crippen molar-refractivity contribution in [3.63, 3.8) is 0 Å². The van der Waals surface area contributed by atoms with Crippen LogP contribution in [0.2, 0.25) is 0 Å². The van der Waals surface area contributed by atoms with Crippen molar-refractivity contribution in [3.8, 4) is 0 Å². The number of furan rings is 1. The van der Waals surface area contributed by atoms with Gasteiger partial charge < -0.3 is 19.8 Å². The first-order chi connectivity index (χ1) is 13.0. The van der Waals surface area contributed by atoms with Crippen LogP contribution in [0.3, 0.4) is 0 Å². The van der Waals surface area contributed by atoms with E-state index in [1.807, 2.05) is 7.05 Å². The average molecular weight is 389 g/mol. The van der Waals surface area contributed by atoms with Crippen LogP contribution in [-0.2, 0) is 16.1 Å². The maximum atomic E-state index is 12.6. The Morgan fingerprint density at radius 3 is 2.81 bits per heavy atom. The molecule has 0 spiro atoms. The molecule has 0 fully saturated rings. The Hall–Kier alpha value is -2.58. The standard InChI is InChI=1S/C19H23N3O4S/c1-4-25-18(23)16-13(10-22(3)11-15-12(2)7-9-27-15)20-19(24)21-17(16)14-6-5-8-26-14/h5-9,17H,4,10-11H2,1-3H3,(H2,20,21,24)/t17-/m1/s1. The minimum Gasteiger partial charge on any atom is -0.467 e. The third kappa shape index (κ3) is 4.40. The van der Waals surface area contributed by atoms with Crippen LogP contribution in [0.25, 0.3) is 0 Å². The molecule has 0 aromatic carbocycles. The number of esters is 1. The van der Waals surface area contributed by atoms with Gasteiger partial charge in [0.25, 0.3) is 0 Å². The van der Waals surface area contributed by atoms with Crippen molar-refractivity contribution in [2.75, 3.05) is 20.2 Å². The van der Waals surface area contributed by atoms with E-state index >= 15 is 0 Å². The second kappa shape index (κ2) is 8.41. The Kier molecular flexibility index (Phi) is 5.98. The summed E-state index contributed by atoms with van der Waals surface area (Å²) >= 11 is 1.69. The van der Waals surface area contributed by atoms with Gasteiger partial charge in [-0.1, -0.05) is 0 Å². The van der Waals surface area contributed by atoms with Gasteiger partial charge in [0.05, 0.1) is 18.4 Å². The van der Waals surface area contributed by atoms with E-state index in [2.05, 4.69) is 33.9 Å². The van der Waals surface area contributed by atoms with Crippen LogP contribution < -0.4 is 10.6 Å². The Bertz CT molecular complexity index is 841. The molecule has 2 amide bonds. The number of hydrogen-bond acceptors (Lipinski definition) is 6. The molecule has 0 saturated carbocycles. The summed E-state index contributed by atoms with van der Waals surface area (Å²) in [5, 5.41) is 7.58. The summed E-state index contributed by atoms with van der Waals surface area (Å²) < 4.78 is 10.7. The van der Waals surface area contributed by atoms with E-state index < -0.39 is 12.0 Å². The number of likely N-dealkylation sites (N-methyl/N-ethyl adjacent to an activating group) is 1. The Balaban J connectivity index is 1.90. The SMILES string of the molecule is CCOC(=O)C1=C(CN(C)Cc2sccc2C)NC(=O)N[C@@H]1c1ccco1. The molecule has 1 aliphatic heterocycles. The number of nitrogens with zero attached hydrogens (tertiary/aromatic N) is 1. The van der Waals surface area contributed by atoms with Crippen molar-refractivity contribution in [2.45, 2.75) is 26.4 Å². The van der Waals surface area contributed by atoms with Gasteiger partial charge in [-0.2, -0.15) is 0 Å². The monoisotopic (exact) mass is 389 g/mol. The molecular formula is C19H23N3O4S. The van der Waals surface area contributed by atoms with Crippen molar-refractivity contribution in [3.05, 3.63) is 57.3 Å². The summed E-state index contributed by atoms with van der Waals surface area (Å²) in [6.07, 6.45) is 1.51. The first kappa shape index (κ1) is 19.2. The third-order valence-electron chi connectivity index (χ3n) is 4.29. The van der Waals surface area contributed by atoms with Crippen LogP contribution in [0.5, 0.6) is 0 Å². The van der Waals surface area contributed by atoms with Crippen molar-refractivity contribution in [1.82, 2.24) is 15.5 Å². The molecule has 27 heavy (non-hydrogen) atoms. The van der Waals surface area contributed by atoms with E-state index in [-0.39, 0.29) is 12.6 Å². The zero-order valence-corrected chi connectivity index (χ0v) is 16.4. The van der Waals surface area contributed by atoms with Crippen LogP contribution in [0.1, 0.15) is 29.2 Å². The molecule has 3 rings (SSSR count). The van der Waals surface area contributed by atoms with Gasteiger partial charge in [-0.05, 0) is 50.0 Å². The number of carbonyl (C=O) groups is 2. The highest BCUT2D eigenvalue weighted by Gasteiger charge is 2.35. The van der Waals surface area contributed by atoms with E-state index in [1.54, 1.807) is 30.4 Å². The molecule has 0 aliphatic carbocycles. The molecule has 2 aromatic heterocycles. The molecule has 3 heterocycles. The Labute approximate surface area is 162 Å². The molecule has 0 unspecified atom stereocenters. The van der Waals surface area contributed by atoms with E-state index in [1.165, 1.54) is 16.7 Å². The summed E-state index contributed by atoms with van der Waals surface area (Å²) in [5.74, 6) is 0.0178. The van der Waals surface area contributed by atoms with Crippen molar-refractivity contribution in [2.24, 2.45) is 0 Å². The normalized spacial score (nSPS) is 17.0. The lowest BCUT2D eigenvalue weighted by molar-refractivity contribution is -0.139. The number of nitrogens with one attached hydrogen (secondary N) is 2. The highest BCUT2D eigenvalue weighted by Crippen LogP contribution is 2.28. The Morgan fingerprint density at radius 2 is 2.19 bits per heavy atom. The summed E-state index contributed by atoms with van der Waals surface area (Å²) in [7, 11) is 1.95. The quantitative estimate of drug-likeness (QED) is 0.712. The van der Waals surface area contributed by atoms with E-state index in [0.29, 0.717) is 23.6 Å². The predicted octanol–water partition coefficient (Wildman–Crippen LogP) is 2.95. The minimum atomic E-state index is -0.681. The number of aryl methyl sites for hydroxylation is 1. The molecule has 144 valence electrons. The first-order valence-corrected chi connectivity index (χ1v) is 9.60. The van der Waals surface area contributed by atoms with Crippen LogP contribution in [0, 0.1) is 6.92 Å². The van der Waals surface area contributed by atoms with Crippen molar-refractivity contribution < 1.29 is 18.7 Å². The van der Waals surface area contributed by atoms with Gasteiger partial charge in [0.1, 0.15) is 11.8 Å². The van der Waals surface area contributed by atoms with Gasteiger partial charge in [0.15, 0.2) is 0 Å². The van der Waals surface area contributed by atoms with Crippen LogP contribution in [0.4, 0.5) is 4.79 Å². The maximum Gasteiger partial charge on any atom is 0.338 e. The maximum absolute atomic E-state index is 12.6. The second-order valence-corrected chi connectivity index (χ2v) is 7.36. The number of carbonyl (C=O) groups excluding carboxylic acids is 2. The molecular weight excluding hydrogens is 366 g/mol. The highest BCUT2D eigenvalue weighted by atomic mass is 32.1. The minimum absolute atomic E-state index is 0.249. The van der Waals surface area contributed by atoms with E-state index in [9.17, 15) is 9.59 Å². The summed E-state index contributed by atoms with van der Waals surface area (Å²) in [5.41, 5.74) is 2.12. The lowest BCUT2D eigenvalue weighted by Crippen LogP contribution is -2.48. The van der Waals surface area contributed by atoms with Crippen LogP contribution in [0.15, 0.2) is 45.5 Å². The number of thiophene rings is 1. The van der Waals surface area contributed by atoms with Gasteiger partial charge in [0, 0.05) is 23.7 Å². The number of urea groups is 1. The fraction of sp³-hybridized carbons (Fsp3) is 0.368. The molecule has 2 N–H and O–H groups in total. The molecule has 1 aliphatic rings. The first-order valence-electron chi connectivity index (χ1n) is 8.72. The Morgan fingerprint density at radius 1 is 1.37 bits per heavy atom. The van der Waals surface area contributed by atoms with Crippen LogP contribution >= 0.6 is 11.3 Å². The average Bonchev–Trinajstić information content (AvgIpc) is 3.27. The highest BCUT2D eigenvalue weighted by molar-refractivity contribution is 7.10. The van der Waals surface area contributed by atoms with Gasteiger partial charge in [0.2, 0.25) is 0 Å². The molecule has 0 saturated heterocycles. The number of rotatable bonds is 7. The lowest BCUT2D eigenvalue weighted by atomic mass is 10.00. The predicted molar refractivity (Wildman–Crippen MR) is 102 cm³/mol. The number of ether oxygens (including phenoxy) is 1. The van der Waals surface area contributed by atoms with Gasteiger partial charge in [-0.3, -0.25) is 4.90 Å². The summed E-state index contributed by atoms with van der Waals surface area (Å²) in [4.78, 5) is 28.1. The molecule has 0 radical (unpaired) electrons. The van der Waals surface area contributed by atoms with Gasteiger partial charge >= 0.3 is 12.0 Å². The molecule has 8 heteroatoms. The topological polar surface area (TPSA) is 83.8 Å². The third-order valence-corrected chi connectivity index (χ3v) is 5.29. The molecule has 7 nitrogen and oxygen atoms in total. The summed E-state index contributed by atoms with van der Waals surface area (Å²) in [6.45, 7) is 5.19. The van der Waals surface area contributed by atoms with E-state index in [4.69, 9.17) is 9.15 Å². The molecule has 0 bridgehead atoms. The lowest BCUT2D eigenvalue weighted by Gasteiger charge is -2.29. The largest absolute Gasteiger partial charge is 0.467 e. The zero-order valence-electron chi connectivity index (χ0n) is 15.6. The molecule has 2 aromatic rings. The number of hydrogen-bond donors (Lipinski definition) is 2. The molecule has 1 atom stereocenters. The fourth-order valence-electron chi connectivity index (χ4n) is 3.00.